The monoisotopic (exact) mass is 354 g/mol. The van der Waals surface area contributed by atoms with Crippen molar-refractivity contribution in [3.8, 4) is 5.75 Å². The maximum atomic E-state index is 12.5. The van der Waals surface area contributed by atoms with Crippen LogP contribution < -0.4 is 10.1 Å². The number of rotatable bonds is 6. The summed E-state index contributed by atoms with van der Waals surface area (Å²) in [7, 11) is 1.64. The van der Waals surface area contributed by atoms with E-state index in [1.807, 2.05) is 12.1 Å². The fourth-order valence-electron chi connectivity index (χ4n) is 3.65. The highest BCUT2D eigenvalue weighted by Crippen LogP contribution is 2.41. The van der Waals surface area contributed by atoms with E-state index in [2.05, 4.69) is 17.4 Å². The van der Waals surface area contributed by atoms with Crippen molar-refractivity contribution in [3.63, 3.8) is 0 Å². The van der Waals surface area contributed by atoms with Crippen LogP contribution in [0.4, 0.5) is 5.69 Å². The van der Waals surface area contributed by atoms with E-state index in [4.69, 9.17) is 4.74 Å². The summed E-state index contributed by atoms with van der Waals surface area (Å²) in [6.07, 6.45) is 4.33. The molecule has 0 aromatic heterocycles. The molecule has 1 fully saturated rings. The number of carbonyl (C=O) groups excluding carboxylic acids is 1. The zero-order valence-electron chi connectivity index (χ0n) is 14.7. The molecule has 1 N–H and O–H groups in total. The summed E-state index contributed by atoms with van der Waals surface area (Å²) in [6.45, 7) is 0.551. The van der Waals surface area contributed by atoms with Gasteiger partial charge in [-0.05, 0) is 42.7 Å². The Morgan fingerprint density at radius 1 is 1.12 bits per heavy atom. The van der Waals surface area contributed by atoms with Crippen molar-refractivity contribution in [1.82, 2.24) is 5.32 Å². The molecule has 1 amide bonds. The number of nitrogens with one attached hydrogen (secondary N) is 1. The fraction of sp³-hybridized carbons (Fsp3) is 0.350. The molecule has 0 saturated heterocycles. The van der Waals surface area contributed by atoms with E-state index < -0.39 is 4.92 Å². The van der Waals surface area contributed by atoms with Crippen LogP contribution in [0.5, 0.6) is 5.75 Å². The normalized spacial score (nSPS) is 15.4. The number of amides is 1. The van der Waals surface area contributed by atoms with Crippen LogP contribution in [0, 0.1) is 10.1 Å². The standard InChI is InChI=1S/C20H22N2O4/c1-26-18-10-6-16(7-11-18)20(12-2-3-13-20)14-21-19(23)15-4-8-17(9-5-15)22(24)25/h4-11H,2-3,12-14H2,1H3,(H,21,23). The van der Waals surface area contributed by atoms with Crippen LogP contribution in [0.25, 0.3) is 0 Å². The van der Waals surface area contributed by atoms with Gasteiger partial charge in [-0.15, -0.1) is 0 Å². The number of benzene rings is 2. The van der Waals surface area contributed by atoms with Crippen LogP contribution in [0.15, 0.2) is 48.5 Å². The Balaban J connectivity index is 1.72. The number of carbonyl (C=O) groups is 1. The lowest BCUT2D eigenvalue weighted by molar-refractivity contribution is -0.384. The van der Waals surface area contributed by atoms with E-state index >= 15 is 0 Å². The molecular weight excluding hydrogens is 332 g/mol. The Labute approximate surface area is 152 Å². The quantitative estimate of drug-likeness (QED) is 0.631. The smallest absolute Gasteiger partial charge is 0.269 e. The van der Waals surface area contributed by atoms with Crippen molar-refractivity contribution < 1.29 is 14.5 Å². The lowest BCUT2D eigenvalue weighted by atomic mass is 9.78. The first-order valence-electron chi connectivity index (χ1n) is 8.71. The predicted octanol–water partition coefficient (Wildman–Crippen LogP) is 3.85. The van der Waals surface area contributed by atoms with Crippen molar-refractivity contribution in [1.29, 1.82) is 0 Å². The number of methoxy groups -OCH3 is 1. The molecule has 0 bridgehead atoms. The largest absolute Gasteiger partial charge is 0.497 e. The summed E-state index contributed by atoms with van der Waals surface area (Å²) in [6, 6.07) is 13.7. The van der Waals surface area contributed by atoms with Crippen molar-refractivity contribution in [2.75, 3.05) is 13.7 Å². The minimum atomic E-state index is -0.473. The molecule has 6 nitrogen and oxygen atoms in total. The third kappa shape index (κ3) is 3.69. The number of nitro benzene ring substituents is 1. The van der Waals surface area contributed by atoms with Gasteiger partial charge in [0.1, 0.15) is 5.75 Å². The van der Waals surface area contributed by atoms with Gasteiger partial charge in [-0.1, -0.05) is 25.0 Å². The number of nitrogens with zero attached hydrogens (tertiary/aromatic N) is 1. The summed E-state index contributed by atoms with van der Waals surface area (Å²) < 4.78 is 5.23. The molecule has 0 heterocycles. The Kier molecular flexibility index (Phi) is 5.21. The van der Waals surface area contributed by atoms with Crippen molar-refractivity contribution >= 4 is 11.6 Å². The Morgan fingerprint density at radius 2 is 1.73 bits per heavy atom. The van der Waals surface area contributed by atoms with E-state index in [0.717, 1.165) is 31.4 Å². The number of ether oxygens (including phenoxy) is 1. The van der Waals surface area contributed by atoms with Crippen molar-refractivity contribution in [3.05, 3.63) is 69.8 Å². The maximum Gasteiger partial charge on any atom is 0.269 e. The van der Waals surface area contributed by atoms with Crippen LogP contribution >= 0.6 is 0 Å². The number of hydrogen-bond acceptors (Lipinski definition) is 4. The predicted molar refractivity (Wildman–Crippen MR) is 98.6 cm³/mol. The van der Waals surface area contributed by atoms with Gasteiger partial charge < -0.3 is 10.1 Å². The lowest BCUT2D eigenvalue weighted by Gasteiger charge is -2.30. The molecule has 1 aliphatic carbocycles. The lowest BCUT2D eigenvalue weighted by Crippen LogP contribution is -2.39. The van der Waals surface area contributed by atoms with Crippen LogP contribution in [-0.4, -0.2) is 24.5 Å². The van der Waals surface area contributed by atoms with Gasteiger partial charge in [-0.25, -0.2) is 0 Å². The maximum absolute atomic E-state index is 12.5. The molecule has 1 aliphatic rings. The highest BCUT2D eigenvalue weighted by atomic mass is 16.6. The average Bonchev–Trinajstić information content (AvgIpc) is 3.16. The second kappa shape index (κ2) is 7.56. The number of nitro groups is 1. The van der Waals surface area contributed by atoms with Gasteiger partial charge >= 0.3 is 0 Å². The van der Waals surface area contributed by atoms with Crippen LogP contribution in [0.3, 0.4) is 0 Å². The summed E-state index contributed by atoms with van der Waals surface area (Å²) in [5, 5.41) is 13.7. The average molecular weight is 354 g/mol. The van der Waals surface area contributed by atoms with E-state index in [1.165, 1.54) is 29.8 Å². The summed E-state index contributed by atoms with van der Waals surface area (Å²) in [5.74, 6) is 0.608. The van der Waals surface area contributed by atoms with E-state index in [0.29, 0.717) is 12.1 Å². The third-order valence-electron chi connectivity index (χ3n) is 5.19. The SMILES string of the molecule is COc1ccc(C2(CNC(=O)c3ccc([N+](=O)[O-])cc3)CCCC2)cc1. The second-order valence-corrected chi connectivity index (χ2v) is 6.70. The van der Waals surface area contributed by atoms with Crippen LogP contribution in [0.1, 0.15) is 41.6 Å². The fourth-order valence-corrected chi connectivity index (χ4v) is 3.65. The topological polar surface area (TPSA) is 81.5 Å². The Hall–Kier alpha value is -2.89. The molecule has 0 aliphatic heterocycles. The first-order valence-corrected chi connectivity index (χ1v) is 8.71. The van der Waals surface area contributed by atoms with Gasteiger partial charge in [0.15, 0.2) is 0 Å². The van der Waals surface area contributed by atoms with Crippen molar-refractivity contribution in [2.45, 2.75) is 31.1 Å². The van der Waals surface area contributed by atoms with E-state index in [9.17, 15) is 14.9 Å². The molecule has 26 heavy (non-hydrogen) atoms. The van der Waals surface area contributed by atoms with Gasteiger partial charge in [-0.2, -0.15) is 0 Å². The zero-order chi connectivity index (χ0) is 18.6. The first kappa shape index (κ1) is 17.9. The minimum Gasteiger partial charge on any atom is -0.497 e. The van der Waals surface area contributed by atoms with Crippen molar-refractivity contribution in [2.24, 2.45) is 0 Å². The van der Waals surface area contributed by atoms with E-state index in [1.54, 1.807) is 7.11 Å². The summed E-state index contributed by atoms with van der Waals surface area (Å²) >= 11 is 0. The van der Waals surface area contributed by atoms with Gasteiger partial charge in [0.25, 0.3) is 11.6 Å². The molecule has 3 rings (SSSR count). The molecule has 2 aromatic rings. The molecule has 136 valence electrons. The summed E-state index contributed by atoms with van der Waals surface area (Å²) in [4.78, 5) is 22.7. The molecule has 0 atom stereocenters. The molecule has 1 saturated carbocycles. The van der Waals surface area contributed by atoms with Crippen LogP contribution in [0.2, 0.25) is 0 Å². The minimum absolute atomic E-state index is 0.0213. The van der Waals surface area contributed by atoms with E-state index in [-0.39, 0.29) is 17.0 Å². The van der Waals surface area contributed by atoms with Gasteiger partial charge in [0.05, 0.1) is 12.0 Å². The highest BCUT2D eigenvalue weighted by molar-refractivity contribution is 5.94. The Bertz CT molecular complexity index is 778. The molecule has 0 unspecified atom stereocenters. The zero-order valence-corrected chi connectivity index (χ0v) is 14.7. The van der Waals surface area contributed by atoms with Crippen LogP contribution in [-0.2, 0) is 5.41 Å². The van der Waals surface area contributed by atoms with Gasteiger partial charge in [-0.3, -0.25) is 14.9 Å². The third-order valence-corrected chi connectivity index (χ3v) is 5.19. The number of non-ortho nitro benzene ring substituents is 1. The first-order chi connectivity index (χ1) is 12.5. The van der Waals surface area contributed by atoms with Gasteiger partial charge in [0, 0.05) is 29.7 Å². The molecule has 0 radical (unpaired) electrons. The highest BCUT2D eigenvalue weighted by Gasteiger charge is 2.36. The van der Waals surface area contributed by atoms with Gasteiger partial charge in [0.2, 0.25) is 0 Å². The molecule has 2 aromatic carbocycles. The number of hydrogen-bond donors (Lipinski definition) is 1. The summed E-state index contributed by atoms with van der Waals surface area (Å²) in [5.41, 5.74) is 1.55. The molecule has 6 heteroatoms. The Morgan fingerprint density at radius 3 is 2.27 bits per heavy atom. The molecular formula is C20H22N2O4. The second-order valence-electron chi connectivity index (χ2n) is 6.70. The molecule has 0 spiro atoms.